The molecule has 0 spiro atoms. The van der Waals surface area contributed by atoms with Crippen LogP contribution in [0.2, 0.25) is 0 Å². The van der Waals surface area contributed by atoms with E-state index >= 15 is 0 Å². The standard InChI is InChI=1S/C2H6Cl4S.Ti/c1-7(2,3,4,5)6;/h1-2H3;. The average Bonchev–Trinajstić information content (AvgIpc) is 0.592. The maximum atomic E-state index is 5.46. The van der Waals surface area contributed by atoms with Crippen LogP contribution in [0.3, 0.4) is 0 Å². The van der Waals surface area contributed by atoms with E-state index in [1.807, 2.05) is 0 Å². The number of hydrogen-bond acceptors (Lipinski definition) is 0. The largest absolute Gasteiger partial charge is 0.0425 e. The second-order valence-electron chi connectivity index (χ2n) is 1.99. The molecular weight excluding hydrogens is 246 g/mol. The maximum absolute atomic E-state index is 5.46. The van der Waals surface area contributed by atoms with Crippen LogP contribution in [-0.4, -0.2) is 12.5 Å². The van der Waals surface area contributed by atoms with E-state index in [2.05, 4.69) is 0 Å². The van der Waals surface area contributed by atoms with Gasteiger partial charge in [-0.2, -0.15) is 0 Å². The summed E-state index contributed by atoms with van der Waals surface area (Å²) in [6.45, 7) is 0. The molecule has 0 aromatic carbocycles. The molecule has 8 heavy (non-hydrogen) atoms. The maximum Gasteiger partial charge on any atom is 0 e. The van der Waals surface area contributed by atoms with E-state index in [0.717, 1.165) is 0 Å². The first-order valence-corrected chi connectivity index (χ1v) is 8.00. The minimum Gasteiger partial charge on any atom is -0.0425 e. The van der Waals surface area contributed by atoms with Crippen LogP contribution >= 0.6 is 47.9 Å². The molecule has 0 atom stereocenters. The molecule has 0 radical (unpaired) electrons. The SMILES string of the molecule is CS(C)(Cl)(Cl)(Cl)Cl.[Ti]. The van der Waals surface area contributed by atoms with E-state index in [1.165, 1.54) is 12.5 Å². The van der Waals surface area contributed by atoms with Gasteiger partial charge < -0.3 is 0 Å². The molecule has 0 saturated carbocycles. The van der Waals surface area contributed by atoms with Gasteiger partial charge in [0.1, 0.15) is 0 Å². The summed E-state index contributed by atoms with van der Waals surface area (Å²) in [5, 5.41) is -3.58. The van der Waals surface area contributed by atoms with Gasteiger partial charge in [-0.25, -0.2) is 0 Å². The Morgan fingerprint density at radius 3 is 0.875 bits per heavy atom. The molecule has 0 N–H and O–H groups in total. The first kappa shape index (κ1) is 12.9. The fraction of sp³-hybridized carbons (Fsp3) is 1.00. The van der Waals surface area contributed by atoms with Gasteiger partial charge in [-0.3, -0.25) is 0 Å². The topological polar surface area (TPSA) is 0 Å². The van der Waals surface area contributed by atoms with Crippen LogP contribution < -0.4 is 0 Å². The quantitative estimate of drug-likeness (QED) is 0.576. The number of halogens is 4. The molecule has 0 aromatic rings. The first-order chi connectivity index (χ1) is 2.45. The van der Waals surface area contributed by atoms with Crippen molar-refractivity contribution in [1.82, 2.24) is 0 Å². The van der Waals surface area contributed by atoms with Crippen molar-refractivity contribution in [1.29, 1.82) is 0 Å². The molecule has 0 amide bonds. The van der Waals surface area contributed by atoms with Gasteiger partial charge in [0, 0.05) is 21.7 Å². The van der Waals surface area contributed by atoms with E-state index in [-0.39, 0.29) is 21.7 Å². The van der Waals surface area contributed by atoms with Crippen LogP contribution in [0.25, 0.3) is 0 Å². The van der Waals surface area contributed by atoms with Crippen LogP contribution in [0.15, 0.2) is 0 Å². The van der Waals surface area contributed by atoms with Crippen LogP contribution in [-0.2, 0) is 21.7 Å². The third kappa shape index (κ3) is 86.8. The Labute approximate surface area is 81.3 Å². The molecule has 0 nitrogen and oxygen atoms in total. The minimum absolute atomic E-state index is 0. The molecular formula is C2H6Cl4STi. The van der Waals surface area contributed by atoms with E-state index in [9.17, 15) is 0 Å². The molecule has 0 rings (SSSR count). The summed E-state index contributed by atoms with van der Waals surface area (Å²) in [5.41, 5.74) is 0. The number of hydrogen-bond donors (Lipinski definition) is 0. The molecule has 0 aliphatic rings. The summed E-state index contributed by atoms with van der Waals surface area (Å²) in [7, 11) is 21.8. The van der Waals surface area contributed by atoms with E-state index in [0.29, 0.717) is 0 Å². The van der Waals surface area contributed by atoms with E-state index in [1.54, 1.807) is 0 Å². The molecule has 0 fully saturated rings. The van der Waals surface area contributed by atoms with Crippen molar-refractivity contribution in [3.8, 4) is 0 Å². The summed E-state index contributed by atoms with van der Waals surface area (Å²) in [5.74, 6) is 0. The Morgan fingerprint density at radius 2 is 0.875 bits per heavy atom. The van der Waals surface area contributed by atoms with Gasteiger partial charge in [-0.15, -0.1) is 0 Å². The molecule has 0 bridgehead atoms. The van der Waals surface area contributed by atoms with Crippen molar-refractivity contribution in [2.24, 2.45) is 0 Å². The van der Waals surface area contributed by atoms with Gasteiger partial charge >= 0.3 is 0 Å². The molecule has 52 valence electrons. The monoisotopic (exact) mass is 250 g/mol. The van der Waals surface area contributed by atoms with Gasteiger partial charge in [0.15, 0.2) is 0 Å². The third-order valence-electron chi connectivity index (χ3n) is 0. The van der Waals surface area contributed by atoms with E-state index in [4.69, 9.17) is 42.7 Å². The summed E-state index contributed by atoms with van der Waals surface area (Å²) >= 11 is 0. The summed E-state index contributed by atoms with van der Waals surface area (Å²) in [6, 6.07) is 0. The molecule has 0 saturated heterocycles. The van der Waals surface area contributed by atoms with E-state index < -0.39 is 5.15 Å². The normalized spacial score (nSPS) is 20.2. The fourth-order valence-corrected chi connectivity index (χ4v) is 0. The van der Waals surface area contributed by atoms with Gasteiger partial charge in [0.25, 0.3) is 0 Å². The smallest absolute Gasteiger partial charge is 0 e. The Bertz CT molecular complexity index is 72.6. The van der Waals surface area contributed by atoms with Gasteiger partial charge in [0.2, 0.25) is 0 Å². The second kappa shape index (κ2) is 2.10. The summed E-state index contributed by atoms with van der Waals surface area (Å²) in [4.78, 5) is 0. The molecule has 0 aliphatic heterocycles. The van der Waals surface area contributed by atoms with Crippen LogP contribution in [0.4, 0.5) is 0 Å². The Balaban J connectivity index is 0. The Hall–Kier alpha value is 2.22. The molecule has 0 aliphatic carbocycles. The minimum atomic E-state index is -3.58. The van der Waals surface area contributed by atoms with Crippen LogP contribution in [0, 0.1) is 0 Å². The molecule has 0 heterocycles. The molecule has 6 heteroatoms. The molecule has 0 unspecified atom stereocenters. The zero-order chi connectivity index (χ0) is 6.41. The summed E-state index contributed by atoms with van der Waals surface area (Å²) in [6.07, 6.45) is 2.82. The second-order valence-corrected chi connectivity index (χ2v) is 21.8. The van der Waals surface area contributed by atoms with Crippen molar-refractivity contribution in [3.05, 3.63) is 0 Å². The predicted octanol–water partition coefficient (Wildman–Crippen LogP) is 3.73. The zero-order valence-electron chi connectivity index (χ0n) is 4.42. The van der Waals surface area contributed by atoms with Crippen molar-refractivity contribution >= 4 is 47.9 Å². The van der Waals surface area contributed by atoms with Gasteiger partial charge in [0.05, 0.1) is 0 Å². The zero-order valence-corrected chi connectivity index (χ0v) is 9.82. The van der Waals surface area contributed by atoms with Crippen LogP contribution in [0.5, 0.6) is 0 Å². The Morgan fingerprint density at radius 1 is 0.875 bits per heavy atom. The Kier molecular flexibility index (Phi) is 3.38. The van der Waals surface area contributed by atoms with Gasteiger partial charge in [-0.05, 0) is 60.4 Å². The van der Waals surface area contributed by atoms with Gasteiger partial charge in [-0.1, -0.05) is 0 Å². The molecule has 0 aromatic heterocycles. The predicted molar refractivity (Wildman–Crippen MR) is 42.9 cm³/mol. The fourth-order valence-electron chi connectivity index (χ4n) is 0. The third-order valence-corrected chi connectivity index (χ3v) is 0. The van der Waals surface area contributed by atoms with Crippen molar-refractivity contribution in [2.75, 3.05) is 12.5 Å². The van der Waals surface area contributed by atoms with Crippen LogP contribution in [0.1, 0.15) is 0 Å². The van der Waals surface area contributed by atoms with Crippen molar-refractivity contribution < 1.29 is 21.7 Å². The summed E-state index contributed by atoms with van der Waals surface area (Å²) < 4.78 is 0. The van der Waals surface area contributed by atoms with Crippen molar-refractivity contribution in [2.45, 2.75) is 0 Å². The van der Waals surface area contributed by atoms with Crippen molar-refractivity contribution in [3.63, 3.8) is 0 Å². The first-order valence-electron chi connectivity index (χ1n) is 1.43. The number of rotatable bonds is 0. The average molecular weight is 252 g/mol.